The number of aryl methyl sites for hydroxylation is 1. The van der Waals surface area contributed by atoms with Crippen molar-refractivity contribution in [2.45, 2.75) is 20.1 Å². The molecule has 0 unspecified atom stereocenters. The molecule has 0 saturated carbocycles. The highest BCUT2D eigenvalue weighted by Crippen LogP contribution is 2.26. The Morgan fingerprint density at radius 2 is 1.89 bits per heavy atom. The zero-order valence-corrected chi connectivity index (χ0v) is 11.1. The van der Waals surface area contributed by atoms with Crippen molar-refractivity contribution < 1.29 is 4.74 Å². The van der Waals surface area contributed by atoms with Crippen LogP contribution in [0, 0.1) is 6.92 Å². The third kappa shape index (κ3) is 3.25. The van der Waals surface area contributed by atoms with Gasteiger partial charge >= 0.3 is 0 Å². The zero-order valence-electron chi connectivity index (χ0n) is 10.3. The largest absolute Gasteiger partial charge is 0.487 e. The fourth-order valence-corrected chi connectivity index (χ4v) is 1.90. The fourth-order valence-electron chi connectivity index (χ4n) is 1.73. The molecule has 0 aromatic heterocycles. The molecule has 94 valence electrons. The van der Waals surface area contributed by atoms with Gasteiger partial charge in [0.15, 0.2) is 0 Å². The third-order valence-corrected chi connectivity index (χ3v) is 3.02. The minimum absolute atomic E-state index is 0.497. The molecule has 0 aliphatic rings. The molecule has 18 heavy (non-hydrogen) atoms. The maximum Gasteiger partial charge on any atom is 0.138 e. The molecule has 2 nitrogen and oxygen atoms in total. The van der Waals surface area contributed by atoms with Gasteiger partial charge in [-0.3, -0.25) is 0 Å². The van der Waals surface area contributed by atoms with E-state index < -0.39 is 0 Å². The highest BCUT2D eigenvalue weighted by Gasteiger charge is 2.02. The van der Waals surface area contributed by atoms with Crippen molar-refractivity contribution in [3.05, 3.63) is 64.2 Å². The van der Waals surface area contributed by atoms with Crippen LogP contribution in [0.3, 0.4) is 0 Å². The van der Waals surface area contributed by atoms with Crippen LogP contribution in [0.25, 0.3) is 0 Å². The molecular weight excluding hydrogens is 246 g/mol. The maximum atomic E-state index is 6.08. The van der Waals surface area contributed by atoms with Gasteiger partial charge in [0.1, 0.15) is 12.4 Å². The lowest BCUT2D eigenvalue weighted by Crippen LogP contribution is -2.00. The molecule has 0 aliphatic carbocycles. The standard InChI is InChI=1S/C15H16ClNO/c1-11-5-6-14(16)15(7-11)18-10-13-4-2-3-12(8-13)9-17/h2-8H,9-10,17H2,1H3. The van der Waals surface area contributed by atoms with Crippen LogP contribution in [0.15, 0.2) is 42.5 Å². The summed E-state index contributed by atoms with van der Waals surface area (Å²) in [5.41, 5.74) is 8.93. The quantitative estimate of drug-likeness (QED) is 0.911. The minimum atomic E-state index is 0.497. The van der Waals surface area contributed by atoms with E-state index in [1.165, 1.54) is 0 Å². The van der Waals surface area contributed by atoms with Gasteiger partial charge in [-0.15, -0.1) is 0 Å². The Bertz CT molecular complexity index is 540. The van der Waals surface area contributed by atoms with E-state index in [2.05, 4.69) is 0 Å². The molecule has 0 atom stereocenters. The summed E-state index contributed by atoms with van der Waals surface area (Å²) in [4.78, 5) is 0. The van der Waals surface area contributed by atoms with Crippen molar-refractivity contribution in [3.63, 3.8) is 0 Å². The minimum Gasteiger partial charge on any atom is -0.487 e. The van der Waals surface area contributed by atoms with Crippen molar-refractivity contribution in [1.82, 2.24) is 0 Å². The maximum absolute atomic E-state index is 6.08. The van der Waals surface area contributed by atoms with E-state index in [1.54, 1.807) is 0 Å². The Morgan fingerprint density at radius 1 is 1.11 bits per heavy atom. The second kappa shape index (κ2) is 5.89. The first-order valence-corrected chi connectivity index (χ1v) is 6.23. The van der Waals surface area contributed by atoms with E-state index in [0.717, 1.165) is 22.4 Å². The Labute approximate surface area is 112 Å². The summed E-state index contributed by atoms with van der Waals surface area (Å²) in [6.45, 7) is 3.05. The van der Waals surface area contributed by atoms with Gasteiger partial charge in [-0.05, 0) is 35.7 Å². The van der Waals surface area contributed by atoms with E-state index >= 15 is 0 Å². The van der Waals surface area contributed by atoms with Crippen molar-refractivity contribution >= 4 is 11.6 Å². The molecule has 2 N–H and O–H groups in total. The average molecular weight is 262 g/mol. The molecular formula is C15H16ClNO. The number of hydrogen-bond donors (Lipinski definition) is 1. The van der Waals surface area contributed by atoms with Crippen LogP contribution in [0.5, 0.6) is 5.75 Å². The van der Waals surface area contributed by atoms with Gasteiger partial charge in [-0.25, -0.2) is 0 Å². The van der Waals surface area contributed by atoms with Gasteiger partial charge in [0.25, 0.3) is 0 Å². The summed E-state index contributed by atoms with van der Waals surface area (Å²) in [6, 6.07) is 13.8. The molecule has 0 spiro atoms. The van der Waals surface area contributed by atoms with E-state index in [1.807, 2.05) is 49.4 Å². The molecule has 2 aromatic carbocycles. The average Bonchev–Trinajstić information content (AvgIpc) is 2.40. The summed E-state index contributed by atoms with van der Waals surface area (Å²) in [6.07, 6.45) is 0. The Morgan fingerprint density at radius 3 is 2.67 bits per heavy atom. The SMILES string of the molecule is Cc1ccc(Cl)c(OCc2cccc(CN)c2)c1. The highest BCUT2D eigenvalue weighted by molar-refractivity contribution is 6.32. The van der Waals surface area contributed by atoms with Crippen LogP contribution in [-0.2, 0) is 13.2 Å². The molecule has 0 radical (unpaired) electrons. The van der Waals surface area contributed by atoms with Crippen LogP contribution in [0.4, 0.5) is 0 Å². The highest BCUT2D eigenvalue weighted by atomic mass is 35.5. The first-order valence-electron chi connectivity index (χ1n) is 5.86. The smallest absolute Gasteiger partial charge is 0.138 e. The molecule has 0 fully saturated rings. The van der Waals surface area contributed by atoms with Crippen LogP contribution >= 0.6 is 11.6 Å². The van der Waals surface area contributed by atoms with Crippen LogP contribution < -0.4 is 10.5 Å². The molecule has 2 aromatic rings. The Hall–Kier alpha value is -1.51. The monoisotopic (exact) mass is 261 g/mol. The Kier molecular flexibility index (Phi) is 4.24. The van der Waals surface area contributed by atoms with Gasteiger partial charge in [0.05, 0.1) is 5.02 Å². The van der Waals surface area contributed by atoms with Crippen molar-refractivity contribution in [1.29, 1.82) is 0 Å². The number of rotatable bonds is 4. The van der Waals surface area contributed by atoms with E-state index in [0.29, 0.717) is 18.2 Å². The summed E-state index contributed by atoms with van der Waals surface area (Å²) < 4.78 is 5.73. The lowest BCUT2D eigenvalue weighted by Gasteiger charge is -2.09. The number of ether oxygens (including phenoxy) is 1. The Balaban J connectivity index is 2.08. The predicted molar refractivity (Wildman–Crippen MR) is 74.9 cm³/mol. The first-order chi connectivity index (χ1) is 8.69. The van der Waals surface area contributed by atoms with Gasteiger partial charge in [-0.1, -0.05) is 41.9 Å². The lowest BCUT2D eigenvalue weighted by molar-refractivity contribution is 0.306. The van der Waals surface area contributed by atoms with Gasteiger partial charge in [-0.2, -0.15) is 0 Å². The second-order valence-corrected chi connectivity index (χ2v) is 4.65. The second-order valence-electron chi connectivity index (χ2n) is 4.25. The lowest BCUT2D eigenvalue weighted by atomic mass is 10.1. The first kappa shape index (κ1) is 12.9. The summed E-state index contributed by atoms with van der Waals surface area (Å²) in [5.74, 6) is 0.717. The van der Waals surface area contributed by atoms with E-state index in [9.17, 15) is 0 Å². The van der Waals surface area contributed by atoms with Crippen LogP contribution in [0.2, 0.25) is 5.02 Å². The van der Waals surface area contributed by atoms with Crippen molar-refractivity contribution in [2.24, 2.45) is 5.73 Å². The molecule has 0 amide bonds. The number of nitrogens with two attached hydrogens (primary N) is 1. The van der Waals surface area contributed by atoms with Gasteiger partial charge in [0.2, 0.25) is 0 Å². The number of halogens is 1. The van der Waals surface area contributed by atoms with Crippen LogP contribution in [0.1, 0.15) is 16.7 Å². The van der Waals surface area contributed by atoms with E-state index in [4.69, 9.17) is 22.1 Å². The van der Waals surface area contributed by atoms with Crippen molar-refractivity contribution in [3.8, 4) is 5.75 Å². The molecule has 2 rings (SSSR count). The summed E-state index contributed by atoms with van der Waals surface area (Å²) in [7, 11) is 0. The van der Waals surface area contributed by atoms with Gasteiger partial charge in [0, 0.05) is 6.54 Å². The molecule has 3 heteroatoms. The summed E-state index contributed by atoms with van der Waals surface area (Å²) >= 11 is 6.08. The van der Waals surface area contributed by atoms with Gasteiger partial charge < -0.3 is 10.5 Å². The number of hydrogen-bond acceptors (Lipinski definition) is 2. The fraction of sp³-hybridized carbons (Fsp3) is 0.200. The molecule has 0 heterocycles. The molecule has 0 saturated heterocycles. The predicted octanol–water partition coefficient (Wildman–Crippen LogP) is 3.69. The summed E-state index contributed by atoms with van der Waals surface area (Å²) in [5, 5.41) is 0.635. The normalized spacial score (nSPS) is 10.4. The van der Waals surface area contributed by atoms with E-state index in [-0.39, 0.29) is 0 Å². The topological polar surface area (TPSA) is 35.2 Å². The van der Waals surface area contributed by atoms with Crippen LogP contribution in [-0.4, -0.2) is 0 Å². The molecule has 0 aliphatic heterocycles. The van der Waals surface area contributed by atoms with Crippen molar-refractivity contribution in [2.75, 3.05) is 0 Å². The zero-order chi connectivity index (χ0) is 13.0. The molecule has 0 bridgehead atoms. The third-order valence-electron chi connectivity index (χ3n) is 2.71. The number of benzene rings is 2.